The molecule has 0 radical (unpaired) electrons. The molecule has 0 bridgehead atoms. The number of para-hydroxylation sites is 2. The van der Waals surface area contributed by atoms with Crippen molar-refractivity contribution in [3.05, 3.63) is 77.3 Å². The molecule has 0 atom stereocenters. The minimum absolute atomic E-state index is 0.243. The van der Waals surface area contributed by atoms with Gasteiger partial charge in [-0.3, -0.25) is 9.36 Å². The van der Waals surface area contributed by atoms with Crippen LogP contribution in [0.2, 0.25) is 0 Å². The van der Waals surface area contributed by atoms with E-state index in [0.717, 1.165) is 24.0 Å². The number of aromatic amines is 1. The molecule has 6 nitrogen and oxygen atoms in total. The zero-order chi connectivity index (χ0) is 19.5. The van der Waals surface area contributed by atoms with Crippen LogP contribution < -0.4 is 5.32 Å². The number of H-pyrrole nitrogens is 1. The summed E-state index contributed by atoms with van der Waals surface area (Å²) in [4.78, 5) is 19.8. The minimum Gasteiger partial charge on any atom is -0.351 e. The Labute approximate surface area is 165 Å². The number of imidazole rings is 2. The molecule has 4 rings (SSSR count). The standard InChI is InChI=1S/C20H18FN5OS/c21-14-6-8-15(9-7-14)26-18(12-23-20(26)28)19(27)22-10-3-11-25-13-24-16-4-1-2-5-17(16)25/h1-2,4-9,12-13H,3,10-11H2,(H,22,27)(H,23,28). The molecule has 2 heterocycles. The first-order valence-electron chi connectivity index (χ1n) is 8.88. The first kappa shape index (κ1) is 18.1. The Morgan fingerprint density at radius 2 is 1.96 bits per heavy atom. The Kier molecular flexibility index (Phi) is 5.03. The number of amides is 1. The highest BCUT2D eigenvalue weighted by Gasteiger charge is 2.14. The molecule has 28 heavy (non-hydrogen) atoms. The lowest BCUT2D eigenvalue weighted by atomic mass is 10.3. The summed E-state index contributed by atoms with van der Waals surface area (Å²) in [5, 5.41) is 2.91. The van der Waals surface area contributed by atoms with Crippen molar-refractivity contribution in [2.45, 2.75) is 13.0 Å². The van der Waals surface area contributed by atoms with Gasteiger partial charge in [-0.25, -0.2) is 9.37 Å². The van der Waals surface area contributed by atoms with Crippen molar-refractivity contribution in [3.63, 3.8) is 0 Å². The molecule has 1 amide bonds. The third-order valence-electron chi connectivity index (χ3n) is 4.48. The third kappa shape index (κ3) is 3.59. The lowest BCUT2D eigenvalue weighted by Gasteiger charge is -2.10. The summed E-state index contributed by atoms with van der Waals surface area (Å²) < 4.78 is 17.2. The van der Waals surface area contributed by atoms with Crippen molar-refractivity contribution in [2.24, 2.45) is 0 Å². The van der Waals surface area contributed by atoms with Gasteiger partial charge >= 0.3 is 0 Å². The molecule has 142 valence electrons. The molecule has 4 aromatic rings. The minimum atomic E-state index is -0.344. The molecule has 0 spiro atoms. The molecule has 0 aliphatic heterocycles. The van der Waals surface area contributed by atoms with E-state index in [0.29, 0.717) is 22.7 Å². The molecule has 0 saturated carbocycles. The molecular formula is C20H18FN5OS. The van der Waals surface area contributed by atoms with Crippen molar-refractivity contribution in [1.29, 1.82) is 0 Å². The average molecular weight is 395 g/mol. The van der Waals surface area contributed by atoms with Crippen LogP contribution in [0.3, 0.4) is 0 Å². The quantitative estimate of drug-likeness (QED) is 0.385. The highest BCUT2D eigenvalue weighted by atomic mass is 32.1. The van der Waals surface area contributed by atoms with Gasteiger partial charge in [-0.05, 0) is 55.0 Å². The van der Waals surface area contributed by atoms with E-state index in [4.69, 9.17) is 12.2 Å². The summed E-state index contributed by atoms with van der Waals surface area (Å²) in [5.41, 5.74) is 3.04. The topological polar surface area (TPSA) is 67.6 Å². The number of aryl methyl sites for hydroxylation is 1. The number of halogens is 1. The van der Waals surface area contributed by atoms with Crippen LogP contribution in [0, 0.1) is 10.6 Å². The van der Waals surface area contributed by atoms with Gasteiger partial charge in [0.25, 0.3) is 5.91 Å². The van der Waals surface area contributed by atoms with Crippen LogP contribution in [-0.2, 0) is 6.54 Å². The number of rotatable bonds is 6. The SMILES string of the molecule is O=C(NCCCn1cnc2ccccc21)c1c[nH]c(=S)n1-c1ccc(F)cc1. The Morgan fingerprint density at radius 3 is 2.79 bits per heavy atom. The fraction of sp³-hybridized carbons (Fsp3) is 0.150. The van der Waals surface area contributed by atoms with Gasteiger partial charge in [-0.15, -0.1) is 0 Å². The van der Waals surface area contributed by atoms with Gasteiger partial charge < -0.3 is 14.9 Å². The van der Waals surface area contributed by atoms with E-state index in [1.807, 2.05) is 30.6 Å². The number of hydrogen-bond donors (Lipinski definition) is 2. The smallest absolute Gasteiger partial charge is 0.269 e. The second-order valence-electron chi connectivity index (χ2n) is 6.33. The summed E-state index contributed by atoms with van der Waals surface area (Å²) in [6.45, 7) is 1.25. The largest absolute Gasteiger partial charge is 0.351 e. The van der Waals surface area contributed by atoms with Crippen molar-refractivity contribution in [1.82, 2.24) is 24.4 Å². The molecule has 2 aromatic carbocycles. The molecule has 0 fully saturated rings. The third-order valence-corrected chi connectivity index (χ3v) is 4.78. The van der Waals surface area contributed by atoms with Gasteiger partial charge in [0.1, 0.15) is 11.5 Å². The van der Waals surface area contributed by atoms with Crippen LogP contribution in [-0.4, -0.2) is 31.6 Å². The molecule has 0 aliphatic carbocycles. The van der Waals surface area contributed by atoms with Gasteiger partial charge in [-0.2, -0.15) is 0 Å². The zero-order valence-corrected chi connectivity index (χ0v) is 15.7. The van der Waals surface area contributed by atoms with E-state index < -0.39 is 0 Å². The van der Waals surface area contributed by atoms with E-state index in [-0.39, 0.29) is 11.7 Å². The van der Waals surface area contributed by atoms with Crippen LogP contribution in [0.25, 0.3) is 16.7 Å². The van der Waals surface area contributed by atoms with Crippen molar-refractivity contribution >= 4 is 29.2 Å². The van der Waals surface area contributed by atoms with Crippen molar-refractivity contribution in [2.75, 3.05) is 6.54 Å². The summed E-state index contributed by atoms with van der Waals surface area (Å²) in [6, 6.07) is 13.8. The number of carbonyl (C=O) groups excluding carboxylic acids is 1. The molecular weight excluding hydrogens is 377 g/mol. The maximum atomic E-state index is 13.2. The number of nitrogens with zero attached hydrogens (tertiary/aromatic N) is 3. The maximum absolute atomic E-state index is 13.2. The molecule has 2 N–H and O–H groups in total. The highest BCUT2D eigenvalue weighted by molar-refractivity contribution is 7.71. The average Bonchev–Trinajstić information content (AvgIpc) is 3.29. The molecule has 2 aromatic heterocycles. The predicted molar refractivity (Wildman–Crippen MR) is 108 cm³/mol. The van der Waals surface area contributed by atoms with Crippen LogP contribution in [0.1, 0.15) is 16.9 Å². The molecule has 0 saturated heterocycles. The number of nitrogens with one attached hydrogen (secondary N) is 2. The van der Waals surface area contributed by atoms with Crippen LogP contribution >= 0.6 is 12.2 Å². The molecule has 8 heteroatoms. The van der Waals surface area contributed by atoms with Gasteiger partial charge in [0.2, 0.25) is 0 Å². The van der Waals surface area contributed by atoms with Crippen molar-refractivity contribution < 1.29 is 9.18 Å². The van der Waals surface area contributed by atoms with Gasteiger partial charge in [0.15, 0.2) is 4.77 Å². The number of aromatic nitrogens is 4. The van der Waals surface area contributed by atoms with Crippen LogP contribution in [0.5, 0.6) is 0 Å². The van der Waals surface area contributed by atoms with E-state index in [9.17, 15) is 9.18 Å². The summed E-state index contributed by atoms with van der Waals surface area (Å²) in [5.74, 6) is -0.587. The first-order chi connectivity index (χ1) is 13.6. The Bertz CT molecular complexity index is 1180. The zero-order valence-electron chi connectivity index (χ0n) is 14.9. The molecule has 0 unspecified atom stereocenters. The van der Waals surface area contributed by atoms with E-state index in [1.54, 1.807) is 22.9 Å². The van der Waals surface area contributed by atoms with Crippen molar-refractivity contribution in [3.8, 4) is 5.69 Å². The lowest BCUT2D eigenvalue weighted by Crippen LogP contribution is -2.27. The van der Waals surface area contributed by atoms with Gasteiger partial charge in [-0.1, -0.05) is 12.1 Å². The normalized spacial score (nSPS) is 11.0. The Morgan fingerprint density at radius 1 is 1.18 bits per heavy atom. The van der Waals surface area contributed by atoms with E-state index in [2.05, 4.69) is 19.9 Å². The maximum Gasteiger partial charge on any atom is 0.269 e. The summed E-state index contributed by atoms with van der Waals surface area (Å²) in [6.07, 6.45) is 4.13. The van der Waals surface area contributed by atoms with E-state index >= 15 is 0 Å². The monoisotopic (exact) mass is 395 g/mol. The number of carbonyl (C=O) groups is 1. The summed E-state index contributed by atoms with van der Waals surface area (Å²) in [7, 11) is 0. The fourth-order valence-corrected chi connectivity index (χ4v) is 3.38. The number of hydrogen-bond acceptors (Lipinski definition) is 3. The number of fused-ring (bicyclic) bond motifs is 1. The van der Waals surface area contributed by atoms with Gasteiger partial charge in [0.05, 0.1) is 17.4 Å². The Hall–Kier alpha value is -3.26. The highest BCUT2D eigenvalue weighted by Crippen LogP contribution is 2.14. The molecule has 0 aliphatic rings. The van der Waals surface area contributed by atoms with Crippen LogP contribution in [0.15, 0.2) is 61.1 Å². The predicted octanol–water partition coefficient (Wildman–Crippen LogP) is 3.84. The second kappa shape index (κ2) is 7.77. The van der Waals surface area contributed by atoms with Crippen LogP contribution in [0.4, 0.5) is 4.39 Å². The first-order valence-corrected chi connectivity index (χ1v) is 9.29. The Balaban J connectivity index is 1.41. The van der Waals surface area contributed by atoms with Gasteiger partial charge in [0, 0.05) is 25.0 Å². The summed E-state index contributed by atoms with van der Waals surface area (Å²) >= 11 is 5.26. The number of benzene rings is 2. The lowest BCUT2D eigenvalue weighted by molar-refractivity contribution is 0.0946. The second-order valence-corrected chi connectivity index (χ2v) is 6.71. The fourth-order valence-electron chi connectivity index (χ4n) is 3.11. The van der Waals surface area contributed by atoms with E-state index in [1.165, 1.54) is 12.1 Å².